The van der Waals surface area contributed by atoms with Crippen LogP contribution in [-0.2, 0) is 12.8 Å². The molecule has 0 saturated heterocycles. The largest absolute Gasteiger partial charge is 0.207 e. The fraction of sp³-hybridized carbons (Fsp3) is 0.250. The third-order valence-electron chi connectivity index (χ3n) is 3.27. The zero-order valence-electron chi connectivity index (χ0n) is 11.4. The number of unbranched alkanes of at least 4 members (excludes halogenated alkanes) is 1. The van der Waals surface area contributed by atoms with Gasteiger partial charge in [-0.1, -0.05) is 0 Å². The highest BCUT2D eigenvalue weighted by Gasteiger charge is 2.12. The van der Waals surface area contributed by atoms with Gasteiger partial charge in [0.2, 0.25) is 0 Å². The second-order valence-electron chi connectivity index (χ2n) is 4.94. The zero-order valence-corrected chi connectivity index (χ0v) is 11.4. The van der Waals surface area contributed by atoms with Crippen molar-refractivity contribution in [2.45, 2.75) is 25.7 Å². The fourth-order valence-electron chi connectivity index (χ4n) is 2.19. The van der Waals surface area contributed by atoms with Gasteiger partial charge < -0.3 is 0 Å². The van der Waals surface area contributed by atoms with E-state index in [1.165, 1.54) is 0 Å². The minimum absolute atomic E-state index is 0.0889. The molecule has 0 spiro atoms. The third kappa shape index (κ3) is 3.81. The Hall–Kier alpha value is -1.98. The van der Waals surface area contributed by atoms with E-state index in [1.54, 1.807) is 0 Å². The summed E-state index contributed by atoms with van der Waals surface area (Å²) in [5.41, 5.74) is 0.177. The van der Waals surface area contributed by atoms with E-state index in [-0.39, 0.29) is 24.0 Å². The Morgan fingerprint density at radius 2 is 1.14 bits per heavy atom. The lowest BCUT2D eigenvalue weighted by Crippen LogP contribution is -1.98. The van der Waals surface area contributed by atoms with Crippen LogP contribution in [0.3, 0.4) is 0 Å². The van der Waals surface area contributed by atoms with Crippen molar-refractivity contribution in [2.75, 3.05) is 0 Å². The van der Waals surface area contributed by atoms with Gasteiger partial charge in [0, 0.05) is 6.07 Å². The van der Waals surface area contributed by atoms with E-state index in [2.05, 4.69) is 0 Å². The van der Waals surface area contributed by atoms with Crippen molar-refractivity contribution < 1.29 is 26.3 Å². The molecular formula is C16H12F6. The van der Waals surface area contributed by atoms with Crippen LogP contribution in [0.25, 0.3) is 0 Å². The van der Waals surface area contributed by atoms with Crippen molar-refractivity contribution in [2.24, 2.45) is 0 Å². The summed E-state index contributed by atoms with van der Waals surface area (Å²) in [7, 11) is 0. The molecule has 0 aromatic heterocycles. The molecule has 0 bridgehead atoms. The summed E-state index contributed by atoms with van der Waals surface area (Å²) in [6.45, 7) is 0. The van der Waals surface area contributed by atoms with Crippen molar-refractivity contribution in [3.05, 3.63) is 70.3 Å². The van der Waals surface area contributed by atoms with E-state index in [4.69, 9.17) is 0 Å². The van der Waals surface area contributed by atoms with Crippen LogP contribution in [0.5, 0.6) is 0 Å². The SMILES string of the molecule is Fc1cc(F)c(F)c(CCCCc2cc(F)c(F)c(F)c2)c1. The summed E-state index contributed by atoms with van der Waals surface area (Å²) >= 11 is 0. The second kappa shape index (κ2) is 6.85. The van der Waals surface area contributed by atoms with Gasteiger partial charge in [-0.25, -0.2) is 26.3 Å². The Labute approximate surface area is 123 Å². The van der Waals surface area contributed by atoms with Crippen LogP contribution in [0.1, 0.15) is 24.0 Å². The fourth-order valence-corrected chi connectivity index (χ4v) is 2.19. The first kappa shape index (κ1) is 16.4. The summed E-state index contributed by atoms with van der Waals surface area (Å²) in [5.74, 6) is -7.28. The smallest absolute Gasteiger partial charge is 0.194 e. The third-order valence-corrected chi connectivity index (χ3v) is 3.27. The maximum Gasteiger partial charge on any atom is 0.194 e. The maximum atomic E-state index is 13.4. The lowest BCUT2D eigenvalue weighted by atomic mass is 10.0. The molecule has 0 atom stereocenters. The first-order chi connectivity index (χ1) is 10.4. The van der Waals surface area contributed by atoms with Gasteiger partial charge in [-0.3, -0.25) is 0 Å². The predicted molar refractivity (Wildman–Crippen MR) is 69.3 cm³/mol. The van der Waals surface area contributed by atoms with E-state index in [9.17, 15) is 26.3 Å². The average molecular weight is 318 g/mol. The van der Waals surface area contributed by atoms with Crippen LogP contribution >= 0.6 is 0 Å². The van der Waals surface area contributed by atoms with Gasteiger partial charge in [0.1, 0.15) is 5.82 Å². The molecule has 0 aliphatic heterocycles. The van der Waals surface area contributed by atoms with Crippen molar-refractivity contribution in [3.63, 3.8) is 0 Å². The predicted octanol–water partition coefficient (Wildman–Crippen LogP) is 5.09. The molecule has 0 N–H and O–H groups in total. The monoisotopic (exact) mass is 318 g/mol. The molecular weight excluding hydrogens is 306 g/mol. The average Bonchev–Trinajstić information content (AvgIpc) is 2.45. The van der Waals surface area contributed by atoms with Crippen molar-refractivity contribution in [3.8, 4) is 0 Å². The Bertz CT molecular complexity index is 658. The molecule has 0 heterocycles. The van der Waals surface area contributed by atoms with Gasteiger partial charge in [0.15, 0.2) is 29.1 Å². The number of hydrogen-bond donors (Lipinski definition) is 0. The first-order valence-corrected chi connectivity index (χ1v) is 6.65. The molecule has 2 rings (SSSR count). The van der Waals surface area contributed by atoms with Crippen molar-refractivity contribution >= 4 is 0 Å². The van der Waals surface area contributed by atoms with Gasteiger partial charge in [-0.15, -0.1) is 0 Å². The molecule has 22 heavy (non-hydrogen) atoms. The summed E-state index contributed by atoms with van der Waals surface area (Å²) in [5, 5.41) is 0. The Morgan fingerprint density at radius 3 is 1.77 bits per heavy atom. The molecule has 0 saturated carbocycles. The molecule has 118 valence electrons. The number of halogens is 6. The zero-order chi connectivity index (χ0) is 16.3. The van der Waals surface area contributed by atoms with Crippen LogP contribution in [0.4, 0.5) is 26.3 Å². The number of aryl methyl sites for hydroxylation is 2. The highest BCUT2D eigenvalue weighted by atomic mass is 19.2. The number of rotatable bonds is 5. The van der Waals surface area contributed by atoms with Gasteiger partial charge in [-0.2, -0.15) is 0 Å². The lowest BCUT2D eigenvalue weighted by Gasteiger charge is -2.06. The normalized spacial score (nSPS) is 11.0. The van der Waals surface area contributed by atoms with Gasteiger partial charge in [0.25, 0.3) is 0 Å². The summed E-state index contributed by atoms with van der Waals surface area (Å²) < 4.78 is 78.2. The van der Waals surface area contributed by atoms with Crippen molar-refractivity contribution in [1.82, 2.24) is 0 Å². The van der Waals surface area contributed by atoms with E-state index in [0.29, 0.717) is 18.9 Å². The molecule has 2 aromatic carbocycles. The minimum atomic E-state index is -1.53. The molecule has 0 fully saturated rings. The molecule has 0 aliphatic carbocycles. The number of hydrogen-bond acceptors (Lipinski definition) is 0. The second-order valence-corrected chi connectivity index (χ2v) is 4.94. The molecule has 0 nitrogen and oxygen atoms in total. The molecule has 0 amide bonds. The van der Waals surface area contributed by atoms with Crippen molar-refractivity contribution in [1.29, 1.82) is 0 Å². The molecule has 6 heteroatoms. The van der Waals surface area contributed by atoms with E-state index in [0.717, 1.165) is 18.2 Å². The quantitative estimate of drug-likeness (QED) is 0.312. The molecule has 0 aliphatic rings. The Morgan fingerprint density at radius 1 is 0.591 bits per heavy atom. The highest BCUT2D eigenvalue weighted by molar-refractivity contribution is 5.21. The van der Waals surface area contributed by atoms with Crippen LogP contribution in [-0.4, -0.2) is 0 Å². The van der Waals surface area contributed by atoms with Crippen LogP contribution in [0.2, 0.25) is 0 Å². The first-order valence-electron chi connectivity index (χ1n) is 6.65. The number of benzene rings is 2. The van der Waals surface area contributed by atoms with E-state index < -0.39 is 34.9 Å². The lowest BCUT2D eigenvalue weighted by molar-refractivity contribution is 0.445. The van der Waals surface area contributed by atoms with Crippen LogP contribution in [0.15, 0.2) is 24.3 Å². The van der Waals surface area contributed by atoms with Gasteiger partial charge in [-0.05, 0) is 55.0 Å². The minimum Gasteiger partial charge on any atom is -0.207 e. The summed E-state index contributed by atoms with van der Waals surface area (Å²) in [4.78, 5) is 0. The molecule has 0 unspecified atom stereocenters. The van der Waals surface area contributed by atoms with Crippen LogP contribution in [0, 0.1) is 34.9 Å². The Kier molecular flexibility index (Phi) is 5.11. The summed E-state index contributed by atoms with van der Waals surface area (Å²) in [6.07, 6.45) is 1.10. The molecule has 0 radical (unpaired) electrons. The van der Waals surface area contributed by atoms with Crippen LogP contribution < -0.4 is 0 Å². The molecule has 2 aromatic rings. The maximum absolute atomic E-state index is 13.4. The topological polar surface area (TPSA) is 0 Å². The van der Waals surface area contributed by atoms with Gasteiger partial charge in [0.05, 0.1) is 0 Å². The Balaban J connectivity index is 1.93. The van der Waals surface area contributed by atoms with Gasteiger partial charge >= 0.3 is 0 Å². The van der Waals surface area contributed by atoms with E-state index >= 15 is 0 Å². The highest BCUT2D eigenvalue weighted by Crippen LogP contribution is 2.18. The van der Waals surface area contributed by atoms with E-state index in [1.807, 2.05) is 0 Å². The standard InChI is InChI=1S/C16H12F6/c17-11-7-10(15(21)14(20)8-11)4-2-1-3-9-5-12(18)16(22)13(19)6-9/h5-8H,1-4H2. The summed E-state index contributed by atoms with van der Waals surface area (Å²) in [6, 6.07) is 3.15.